The number of carboxylic acid groups (broad SMARTS) is 1. The Labute approximate surface area is 805 Å². The maximum atomic E-state index is 12.7. The van der Waals surface area contributed by atoms with Gasteiger partial charge in [-0.1, -0.05) is 88.7 Å². The number of hydrogen-bond acceptors (Lipinski definition) is 30. The van der Waals surface area contributed by atoms with Gasteiger partial charge in [-0.15, -0.1) is 22.7 Å². The molecule has 0 radical (unpaired) electrons. The molecule has 133 heavy (non-hydrogen) atoms. The van der Waals surface area contributed by atoms with Gasteiger partial charge in [-0.2, -0.15) is 0 Å². The van der Waals surface area contributed by atoms with Crippen LogP contribution in [-0.4, -0.2) is 165 Å². The monoisotopic (exact) mass is 1880 g/mol. The molecule has 29 nitrogen and oxygen atoms in total. The summed E-state index contributed by atoms with van der Waals surface area (Å²) in [6.45, 7) is 7.99. The minimum absolute atomic E-state index is 0. The first-order valence-electron chi connectivity index (χ1n) is 41.0. The second-order valence-electron chi connectivity index (χ2n) is 30.0. The van der Waals surface area contributed by atoms with Gasteiger partial charge in [0.25, 0.3) is 0 Å². The molecule has 0 saturated carbocycles. The van der Waals surface area contributed by atoms with E-state index in [0.717, 1.165) is 132 Å². The molecule has 0 amide bonds. The molecule has 0 unspecified atom stereocenters. The number of benzene rings is 8. The van der Waals surface area contributed by atoms with E-state index in [-0.39, 0.29) is 69.5 Å². The summed E-state index contributed by atoms with van der Waals surface area (Å²) < 4.78 is 22.4. The number of methoxy groups -OCH3 is 2. The number of fused-ring (bicyclic) bond motifs is 4. The number of pyridine rings is 4. The summed E-state index contributed by atoms with van der Waals surface area (Å²) in [5, 5.41) is 30.6. The van der Waals surface area contributed by atoms with Crippen LogP contribution in [0.5, 0.6) is 0 Å². The molecule has 34 heteroatoms. The van der Waals surface area contributed by atoms with Crippen molar-refractivity contribution in [2.24, 2.45) is 0 Å². The van der Waals surface area contributed by atoms with Gasteiger partial charge in [0.1, 0.15) is 28.3 Å². The van der Waals surface area contributed by atoms with Gasteiger partial charge in [-0.05, 0) is 212 Å². The zero-order chi connectivity index (χ0) is 92.1. The van der Waals surface area contributed by atoms with Gasteiger partial charge in [0.05, 0.1) is 70.6 Å². The molecule has 0 atom stereocenters. The van der Waals surface area contributed by atoms with Crippen molar-refractivity contribution in [2.75, 3.05) is 69.4 Å². The molecule has 11 heterocycles. The molecule has 8 N–H and O–H groups in total. The molecule has 1 aliphatic rings. The molecule has 1 aliphatic heterocycles. The van der Waals surface area contributed by atoms with E-state index in [1.807, 2.05) is 237 Å². The van der Waals surface area contributed by atoms with Gasteiger partial charge in [0, 0.05) is 155 Å². The number of anilines is 5. The maximum Gasteiger partial charge on any atom is 1.00 e. The number of carboxylic acids is 1. The summed E-state index contributed by atoms with van der Waals surface area (Å²) in [6, 6.07) is 68.0. The normalized spacial score (nSPS) is 11.9. The van der Waals surface area contributed by atoms with Crippen LogP contribution in [0.1, 0.15) is 74.1 Å². The summed E-state index contributed by atoms with van der Waals surface area (Å²) in [6.07, 6.45) is 17.6. The Kier molecular flexibility index (Phi) is 33.3. The predicted octanol–water partition coefficient (Wildman–Crippen LogP) is 16.4. The number of nitrogen functional groups attached to an aromatic ring is 1. The molecule has 0 bridgehead atoms. The molecule has 662 valence electrons. The number of aromatic nitrogens is 14. The smallest absolute Gasteiger partial charge is 0.870 e. The Balaban J connectivity index is 0.000000149. The third-order valence-electron chi connectivity index (χ3n) is 21.0. The summed E-state index contributed by atoms with van der Waals surface area (Å²) in [4.78, 5) is 109. The number of rotatable bonds is 18. The second kappa shape index (κ2) is 45.4. The number of ether oxygens (including phenoxy) is 2. The second-order valence-corrected chi connectivity index (χ2v) is 32.9. The average Bonchev–Trinajstić information content (AvgIpc) is 1.51. The van der Waals surface area contributed by atoms with E-state index in [1.165, 1.54) is 36.9 Å². The van der Waals surface area contributed by atoms with Gasteiger partial charge in [-0.3, -0.25) is 24.7 Å². The number of thiazole rings is 2. The summed E-state index contributed by atoms with van der Waals surface area (Å²) >= 11 is 6.41. The molecule has 0 spiro atoms. The van der Waals surface area contributed by atoms with Gasteiger partial charge in [0.2, 0.25) is 0 Å². The quantitative estimate of drug-likeness (QED) is 0.0264. The molecular weight excluding hydrogens is 1790 g/mol. The fourth-order valence-corrected chi connectivity index (χ4v) is 15.0. The number of aromatic carboxylic acids is 1. The van der Waals surface area contributed by atoms with Crippen molar-refractivity contribution in [1.29, 1.82) is 0 Å². The molecule has 0 aliphatic carbocycles. The topological polar surface area (TPSA) is 410 Å². The van der Waals surface area contributed by atoms with Crippen LogP contribution in [0, 0.1) is 0 Å². The Morgan fingerprint density at radius 3 is 1.09 bits per heavy atom. The number of ketones is 1. The van der Waals surface area contributed by atoms with E-state index in [1.54, 1.807) is 104 Å². The zero-order valence-electron chi connectivity index (χ0n) is 74.2. The van der Waals surface area contributed by atoms with Crippen molar-refractivity contribution in [3.63, 3.8) is 0 Å². The summed E-state index contributed by atoms with van der Waals surface area (Å²) in [5.74, 6) is 3.89. The van der Waals surface area contributed by atoms with Crippen molar-refractivity contribution in [3.8, 4) is 78.9 Å². The largest absolute Gasteiger partial charge is 1.00 e. The summed E-state index contributed by atoms with van der Waals surface area (Å²) in [7, 11) is 9.63. The molecule has 1 saturated heterocycles. The van der Waals surface area contributed by atoms with Crippen LogP contribution in [0.2, 0.25) is 0 Å². The minimum atomic E-state index is -0.946. The Morgan fingerprint density at radius 2 is 0.744 bits per heavy atom. The fraction of sp³-hybridized carbons (Fsp3) is 0.131. The standard InChI is InChI=1S/C25H19N5OS.C22H18N4O2.C21H16N4O2.C14H19BO4.C14H11BrN4.C3H4N2S.Na.H2O/c1-26-25-20-13-17(7-8-21(20)29-24(30-25)19-6-3-9-27-15-19)16-4-2-5-18(12-16)22(31)14-23-28-10-11-32-23;1-23-21-18-12-15(14-5-3-6-16(11-14)22(27)28-2)8-9-19(18)25-20(26-21)17-7-4-10-24-13-17;1-22-20-17-11-14(13-4-2-5-15(10-13)21(26)27)7-8-18(17)24-19(25-20)16-6-3-9-23-12-16;1-13(2)14(3,4)19-15(18-13)11-8-6-7-10(9-11)12(16)17-5;1-16-14-11-7-10(15)4-5-12(11)18-13(19-14)9-3-2-6-17-8-9;4-3-5-1-2-6-3;;/h2-13,15H,14H2,1H3,(H,26,29,30);3-13H,1-2H3,(H,23,25,26);2-12H,1H3,(H,26,27)(H,22,24,25);6-9H,1-5H3;2-8H,1H3,(H,16,18,19);1-2H,(H2,4,5);;1H2/q;;;;;;+1;/p-1. The number of nitrogens with zero attached hydrogens (tertiary/aromatic N) is 14. The van der Waals surface area contributed by atoms with Crippen LogP contribution in [0.15, 0.2) is 296 Å². The maximum absolute atomic E-state index is 12.7. The third-order valence-corrected chi connectivity index (χ3v) is 22.9. The first-order valence-corrected chi connectivity index (χ1v) is 43.5. The number of Topliss-reactive ketones (excluding diaryl/α,β-unsaturated/α-hetero) is 1. The van der Waals surface area contributed by atoms with E-state index in [4.69, 9.17) is 29.5 Å². The molecule has 19 rings (SSSR count). The van der Waals surface area contributed by atoms with Crippen molar-refractivity contribution >= 4 is 147 Å². The molecule has 10 aromatic heterocycles. The molecule has 18 aromatic rings. The van der Waals surface area contributed by atoms with E-state index < -0.39 is 13.1 Å². The van der Waals surface area contributed by atoms with Gasteiger partial charge >= 0.3 is 54.6 Å². The number of nitrogens with one attached hydrogen (secondary N) is 4. The van der Waals surface area contributed by atoms with E-state index in [9.17, 15) is 24.3 Å². The fourth-order valence-electron chi connectivity index (χ4n) is 13.7. The van der Waals surface area contributed by atoms with Crippen molar-refractivity contribution in [2.45, 2.75) is 45.3 Å². The number of halogens is 1. The average molecular weight is 1880 g/mol. The molecular formula is C99H88BBrN19NaO10S2. The number of hydrogen-bond donors (Lipinski definition) is 6. The number of carbonyl (C=O) groups excluding carboxylic acids is 3. The first-order chi connectivity index (χ1) is 63.5. The molecule has 1 fully saturated rings. The number of nitrogens with two attached hydrogens (primary N) is 1. The summed E-state index contributed by atoms with van der Waals surface area (Å²) in [5.41, 5.74) is 19.6. The Bertz CT molecular complexity index is 7090. The van der Waals surface area contributed by atoms with Gasteiger partial charge in [-0.25, -0.2) is 64.2 Å². The van der Waals surface area contributed by atoms with Crippen LogP contribution in [0.4, 0.5) is 28.4 Å². The van der Waals surface area contributed by atoms with Crippen LogP contribution in [-0.2, 0) is 25.2 Å². The van der Waals surface area contributed by atoms with Gasteiger partial charge < -0.3 is 56.4 Å². The number of esters is 2. The van der Waals surface area contributed by atoms with E-state index >= 15 is 0 Å². The molecule has 8 aromatic carbocycles. The van der Waals surface area contributed by atoms with Crippen molar-refractivity contribution < 1.29 is 78.1 Å². The van der Waals surface area contributed by atoms with Crippen LogP contribution in [0.25, 0.3) is 123 Å². The third kappa shape index (κ3) is 24.2. The predicted molar refractivity (Wildman–Crippen MR) is 524 cm³/mol. The van der Waals surface area contributed by atoms with Crippen LogP contribution >= 0.6 is 38.6 Å². The van der Waals surface area contributed by atoms with E-state index in [0.29, 0.717) is 57.4 Å². The van der Waals surface area contributed by atoms with E-state index in [2.05, 4.69) is 108 Å². The SMILES string of the molecule is CNc1nc(-c2cccnc2)nc2ccc(-c3cccc(C(=O)Cc4nccs4)c3)cc12.CNc1nc(-c2cccnc2)nc2ccc(-c3cccc(C(=O)O)c3)cc12.CNc1nc(-c2cccnc2)nc2ccc(-c3cccc(C(=O)OC)c3)cc12.CNc1nc(-c2cccnc2)nc2ccc(Br)cc12.COC(=O)c1cccc(B2OC(C)(C)C(C)(C)O2)c1.Nc1nccs1.[Na+].[OH-]. The Morgan fingerprint density at radius 1 is 0.406 bits per heavy atom. The zero-order valence-corrected chi connectivity index (χ0v) is 79.4. The minimum Gasteiger partial charge on any atom is -0.870 e. The van der Waals surface area contributed by atoms with Crippen LogP contribution in [0.3, 0.4) is 0 Å². The first kappa shape index (κ1) is 97.5. The van der Waals surface area contributed by atoms with Crippen molar-refractivity contribution in [1.82, 2.24) is 69.8 Å². The van der Waals surface area contributed by atoms with Crippen LogP contribution < -0.4 is 62.0 Å². The van der Waals surface area contributed by atoms with Gasteiger partial charge in [0.15, 0.2) is 34.2 Å². The number of carbonyl (C=O) groups is 4. The Hall–Kier alpha value is -14.5. The van der Waals surface area contributed by atoms with Crippen molar-refractivity contribution in [3.05, 3.63) is 323 Å².